The Morgan fingerprint density at radius 1 is 1.24 bits per heavy atom. The maximum Gasteiger partial charge on any atom is 0.169 e. The number of Topliss-reactive ketones (excluding diaryl/α,β-unsaturated/α-hetero) is 1. The summed E-state index contributed by atoms with van der Waals surface area (Å²) in [6.07, 6.45) is 2.60. The Morgan fingerprint density at radius 3 is 2.71 bits per heavy atom. The molecule has 1 heterocycles. The highest BCUT2D eigenvalue weighted by molar-refractivity contribution is 6.05. The van der Waals surface area contributed by atoms with Crippen molar-refractivity contribution in [1.82, 2.24) is 0 Å². The van der Waals surface area contributed by atoms with E-state index < -0.39 is 0 Å². The van der Waals surface area contributed by atoms with Gasteiger partial charge in [-0.15, -0.1) is 0 Å². The monoisotopic (exact) mass is 230 g/mol. The molecule has 2 aliphatic rings. The molecule has 1 aliphatic heterocycles. The van der Waals surface area contributed by atoms with E-state index in [1.54, 1.807) is 0 Å². The van der Waals surface area contributed by atoms with Crippen LogP contribution < -0.4 is 0 Å². The summed E-state index contributed by atoms with van der Waals surface area (Å²) in [5, 5.41) is 0. The van der Waals surface area contributed by atoms with Crippen LogP contribution in [0.1, 0.15) is 42.6 Å². The number of ketones is 1. The molecule has 90 valence electrons. The number of benzene rings is 1. The third-order valence-corrected chi connectivity index (χ3v) is 4.11. The topological polar surface area (TPSA) is 26.3 Å². The van der Waals surface area contributed by atoms with Crippen LogP contribution in [-0.4, -0.2) is 18.0 Å². The molecule has 0 amide bonds. The first-order chi connectivity index (χ1) is 8.03. The van der Waals surface area contributed by atoms with E-state index in [4.69, 9.17) is 4.74 Å². The lowest BCUT2D eigenvalue weighted by Crippen LogP contribution is -2.44. The summed E-state index contributed by atoms with van der Waals surface area (Å²) in [5.74, 6) is 0.337. The fourth-order valence-corrected chi connectivity index (χ4v) is 3.45. The quantitative estimate of drug-likeness (QED) is 0.685. The lowest BCUT2D eigenvalue weighted by atomic mass is 9.71. The highest BCUT2D eigenvalue weighted by Gasteiger charge is 2.50. The van der Waals surface area contributed by atoms with Crippen LogP contribution in [0.15, 0.2) is 24.3 Å². The minimum absolute atomic E-state index is 0.171. The zero-order valence-electron chi connectivity index (χ0n) is 10.5. The highest BCUT2D eigenvalue weighted by Crippen LogP contribution is 2.48. The van der Waals surface area contributed by atoms with E-state index in [0.29, 0.717) is 12.4 Å². The third-order valence-electron chi connectivity index (χ3n) is 4.11. The molecule has 0 saturated carbocycles. The molecule has 2 heteroatoms. The van der Waals surface area contributed by atoms with Gasteiger partial charge in [-0.1, -0.05) is 24.3 Å². The Kier molecular flexibility index (Phi) is 2.21. The second kappa shape index (κ2) is 3.42. The molecule has 0 aromatic heterocycles. The number of rotatable bonds is 0. The molecule has 1 spiro atoms. The van der Waals surface area contributed by atoms with Gasteiger partial charge in [-0.3, -0.25) is 4.79 Å². The standard InChI is InChI=1S/C15H18O2/c1-14(2)10-15(7-8-17-14)9-11-5-3-4-6-12(11)13(15)16/h3-6H,7-10H2,1-2H3/t15-/m0/s1. The van der Waals surface area contributed by atoms with Crippen molar-refractivity contribution in [2.24, 2.45) is 5.41 Å². The van der Waals surface area contributed by atoms with Crippen molar-refractivity contribution >= 4 is 5.78 Å². The smallest absolute Gasteiger partial charge is 0.169 e. The molecule has 1 aliphatic carbocycles. The predicted molar refractivity (Wildman–Crippen MR) is 66.2 cm³/mol. The van der Waals surface area contributed by atoms with Crippen molar-refractivity contribution in [3.63, 3.8) is 0 Å². The van der Waals surface area contributed by atoms with Gasteiger partial charge < -0.3 is 4.74 Å². The number of fused-ring (bicyclic) bond motifs is 1. The largest absolute Gasteiger partial charge is 0.376 e. The van der Waals surface area contributed by atoms with E-state index in [-0.39, 0.29) is 11.0 Å². The summed E-state index contributed by atoms with van der Waals surface area (Å²) in [7, 11) is 0. The highest BCUT2D eigenvalue weighted by atomic mass is 16.5. The van der Waals surface area contributed by atoms with Crippen LogP contribution in [-0.2, 0) is 11.2 Å². The summed E-state index contributed by atoms with van der Waals surface area (Å²) >= 11 is 0. The number of ether oxygens (including phenoxy) is 1. The zero-order chi connectivity index (χ0) is 12.1. The summed E-state index contributed by atoms with van der Waals surface area (Å²) < 4.78 is 5.75. The molecular weight excluding hydrogens is 212 g/mol. The number of hydrogen-bond donors (Lipinski definition) is 0. The van der Waals surface area contributed by atoms with Crippen LogP contribution in [0.5, 0.6) is 0 Å². The van der Waals surface area contributed by atoms with Gasteiger partial charge in [-0.05, 0) is 38.7 Å². The third kappa shape index (κ3) is 1.62. The van der Waals surface area contributed by atoms with E-state index in [0.717, 1.165) is 24.8 Å². The molecule has 17 heavy (non-hydrogen) atoms. The molecule has 1 atom stereocenters. The fraction of sp³-hybridized carbons (Fsp3) is 0.533. The minimum Gasteiger partial charge on any atom is -0.376 e. The van der Waals surface area contributed by atoms with Crippen molar-refractivity contribution in [3.05, 3.63) is 35.4 Å². The van der Waals surface area contributed by atoms with Crippen LogP contribution in [0.25, 0.3) is 0 Å². The van der Waals surface area contributed by atoms with Crippen LogP contribution in [0, 0.1) is 5.41 Å². The number of carbonyl (C=O) groups is 1. The first kappa shape index (κ1) is 11.0. The Morgan fingerprint density at radius 2 is 2.00 bits per heavy atom. The van der Waals surface area contributed by atoms with Crippen molar-refractivity contribution in [3.8, 4) is 0 Å². The summed E-state index contributed by atoms with van der Waals surface area (Å²) in [6, 6.07) is 8.04. The normalized spacial score (nSPS) is 30.6. The molecular formula is C15H18O2. The van der Waals surface area contributed by atoms with Crippen molar-refractivity contribution in [1.29, 1.82) is 0 Å². The molecule has 3 rings (SSSR count). The summed E-state index contributed by atoms with van der Waals surface area (Å²) in [6.45, 7) is 4.88. The van der Waals surface area contributed by atoms with Crippen LogP contribution in [0.3, 0.4) is 0 Å². The summed E-state index contributed by atoms with van der Waals surface area (Å²) in [4.78, 5) is 12.6. The van der Waals surface area contributed by atoms with Crippen molar-refractivity contribution in [2.75, 3.05) is 6.61 Å². The molecule has 0 unspecified atom stereocenters. The molecule has 1 aromatic rings. The van der Waals surface area contributed by atoms with Gasteiger partial charge in [0.1, 0.15) is 0 Å². The van der Waals surface area contributed by atoms with Gasteiger partial charge in [-0.2, -0.15) is 0 Å². The van der Waals surface area contributed by atoms with Gasteiger partial charge in [0, 0.05) is 17.6 Å². The average Bonchev–Trinajstić information content (AvgIpc) is 2.51. The Hall–Kier alpha value is -1.15. The SMILES string of the molecule is CC1(C)C[C@]2(CCO1)Cc1ccccc1C2=O. The zero-order valence-corrected chi connectivity index (χ0v) is 10.5. The van der Waals surface area contributed by atoms with Crippen molar-refractivity contribution < 1.29 is 9.53 Å². The second-order valence-electron chi connectivity index (χ2n) is 5.98. The van der Waals surface area contributed by atoms with Gasteiger partial charge in [0.05, 0.1) is 5.60 Å². The molecule has 1 aromatic carbocycles. The van der Waals surface area contributed by atoms with E-state index in [9.17, 15) is 4.79 Å². The fourth-order valence-electron chi connectivity index (χ4n) is 3.45. The Balaban J connectivity index is 2.00. The Labute approximate surface area is 102 Å². The first-order valence-corrected chi connectivity index (χ1v) is 6.29. The van der Waals surface area contributed by atoms with E-state index in [2.05, 4.69) is 19.9 Å². The van der Waals surface area contributed by atoms with Gasteiger partial charge in [0.25, 0.3) is 0 Å². The number of hydrogen-bond acceptors (Lipinski definition) is 2. The predicted octanol–water partition coefficient (Wildman–Crippen LogP) is 3.00. The van der Waals surface area contributed by atoms with Gasteiger partial charge in [0.2, 0.25) is 0 Å². The lowest BCUT2D eigenvalue weighted by molar-refractivity contribution is -0.0917. The Bertz CT molecular complexity index is 476. The van der Waals surface area contributed by atoms with Gasteiger partial charge in [-0.25, -0.2) is 0 Å². The second-order valence-corrected chi connectivity index (χ2v) is 5.98. The van der Waals surface area contributed by atoms with E-state index in [1.807, 2.05) is 18.2 Å². The van der Waals surface area contributed by atoms with Crippen LogP contribution >= 0.6 is 0 Å². The molecule has 2 nitrogen and oxygen atoms in total. The maximum absolute atomic E-state index is 12.6. The lowest BCUT2D eigenvalue weighted by Gasteiger charge is -2.41. The van der Waals surface area contributed by atoms with E-state index >= 15 is 0 Å². The van der Waals surface area contributed by atoms with Crippen LogP contribution in [0.2, 0.25) is 0 Å². The average molecular weight is 230 g/mol. The number of carbonyl (C=O) groups excluding carboxylic acids is 1. The minimum atomic E-state index is -0.189. The molecule has 0 N–H and O–H groups in total. The summed E-state index contributed by atoms with van der Waals surface area (Å²) in [5.41, 5.74) is 1.79. The maximum atomic E-state index is 12.6. The van der Waals surface area contributed by atoms with Gasteiger partial charge in [0.15, 0.2) is 5.78 Å². The molecule has 0 radical (unpaired) electrons. The van der Waals surface area contributed by atoms with Crippen LogP contribution in [0.4, 0.5) is 0 Å². The van der Waals surface area contributed by atoms with Gasteiger partial charge >= 0.3 is 0 Å². The van der Waals surface area contributed by atoms with E-state index in [1.165, 1.54) is 5.56 Å². The molecule has 0 bridgehead atoms. The van der Waals surface area contributed by atoms with Crippen molar-refractivity contribution in [2.45, 2.75) is 38.7 Å². The molecule has 1 saturated heterocycles. The molecule has 1 fully saturated rings. The first-order valence-electron chi connectivity index (χ1n) is 6.29.